The van der Waals surface area contributed by atoms with Crippen LogP contribution >= 0.6 is 0 Å². The van der Waals surface area contributed by atoms with Gasteiger partial charge < -0.3 is 20.0 Å². The van der Waals surface area contributed by atoms with E-state index in [1.807, 2.05) is 32.6 Å². The first kappa shape index (κ1) is 26.7. The summed E-state index contributed by atoms with van der Waals surface area (Å²) in [6.07, 6.45) is 11.6. The minimum atomic E-state index is -0.194. The Labute approximate surface area is 227 Å². The predicted octanol–water partition coefficient (Wildman–Crippen LogP) is 3.94. The highest BCUT2D eigenvalue weighted by atomic mass is 16.2. The van der Waals surface area contributed by atoms with Gasteiger partial charge in [-0.15, -0.1) is 0 Å². The number of hydrogen-bond acceptors (Lipinski definition) is 8. The maximum atomic E-state index is 13.0. The summed E-state index contributed by atoms with van der Waals surface area (Å²) in [5.41, 5.74) is 2.21. The third-order valence-corrected chi connectivity index (χ3v) is 8.68. The Bertz CT molecular complexity index is 1070. The molecule has 38 heavy (non-hydrogen) atoms. The number of rotatable bonds is 9. The zero-order chi connectivity index (χ0) is 26.6. The first-order valence-corrected chi connectivity index (χ1v) is 14.5. The van der Waals surface area contributed by atoms with Crippen molar-refractivity contribution in [2.24, 2.45) is 5.92 Å². The predicted molar refractivity (Wildman–Crippen MR) is 153 cm³/mol. The van der Waals surface area contributed by atoms with Gasteiger partial charge in [-0.3, -0.25) is 9.69 Å². The number of amides is 1. The van der Waals surface area contributed by atoms with Crippen LogP contribution in [0.15, 0.2) is 24.5 Å². The number of hydrogen-bond donors (Lipinski definition) is 1. The molecule has 1 N–H and O–H groups in total. The fraction of sp³-hybridized carbons (Fsp3) is 0.655. The van der Waals surface area contributed by atoms with Gasteiger partial charge in [-0.05, 0) is 30.9 Å². The molecule has 3 aliphatic rings. The second kappa shape index (κ2) is 11.8. The lowest BCUT2D eigenvalue weighted by molar-refractivity contribution is -0.130. The highest BCUT2D eigenvalue weighted by Gasteiger charge is 2.41. The van der Waals surface area contributed by atoms with Gasteiger partial charge in [0, 0.05) is 71.0 Å². The van der Waals surface area contributed by atoms with Crippen LogP contribution in [0, 0.1) is 5.92 Å². The maximum absolute atomic E-state index is 13.0. The molecule has 2 aromatic rings. The van der Waals surface area contributed by atoms with Crippen molar-refractivity contribution in [3.05, 3.63) is 30.1 Å². The number of piperazine rings is 1. The molecule has 9 heteroatoms. The van der Waals surface area contributed by atoms with E-state index in [0.29, 0.717) is 18.4 Å². The van der Waals surface area contributed by atoms with Gasteiger partial charge in [0.1, 0.15) is 17.7 Å². The fourth-order valence-corrected chi connectivity index (χ4v) is 6.26. The molecule has 206 valence electrons. The van der Waals surface area contributed by atoms with E-state index in [9.17, 15) is 4.79 Å². The average molecular weight is 521 g/mol. The number of carbonyl (C=O) groups is 1. The van der Waals surface area contributed by atoms with Crippen molar-refractivity contribution < 1.29 is 4.79 Å². The number of carbonyl (C=O) groups excluding carboxylic acids is 1. The molecular weight excluding hydrogens is 476 g/mol. The third-order valence-electron chi connectivity index (χ3n) is 8.68. The molecule has 2 aromatic heterocycles. The van der Waals surface area contributed by atoms with Gasteiger partial charge in [-0.2, -0.15) is 4.98 Å². The molecular formula is C29H44N8O. The molecule has 0 spiro atoms. The Hall–Kier alpha value is -2.94. The molecule has 1 aliphatic carbocycles. The van der Waals surface area contributed by atoms with Gasteiger partial charge in [0.15, 0.2) is 0 Å². The molecule has 5 rings (SSSR count). The lowest BCUT2D eigenvalue weighted by atomic mass is 10.0. The summed E-state index contributed by atoms with van der Waals surface area (Å²) < 4.78 is 0. The van der Waals surface area contributed by atoms with E-state index in [4.69, 9.17) is 4.98 Å². The van der Waals surface area contributed by atoms with Crippen LogP contribution in [0.2, 0.25) is 0 Å². The Kier molecular flexibility index (Phi) is 8.31. The van der Waals surface area contributed by atoms with Gasteiger partial charge in [-0.1, -0.05) is 39.5 Å². The standard InChI is InChI=1S/C29H44N8O/c1-5-21(6-2)20-35-13-15-36(16-14-35)24-11-12-26(30-19-24)32-29-31-18-22-17-25(28(38)34(3)4)37(27(22)33-29)23-9-7-8-10-23/h11-12,18-19,21,23,25H,5-10,13-17,20H2,1-4H3,(H,30,31,32,33). The van der Waals surface area contributed by atoms with E-state index in [2.05, 4.69) is 49.9 Å². The molecule has 1 unspecified atom stereocenters. The minimum Gasteiger partial charge on any atom is -0.368 e. The van der Waals surface area contributed by atoms with Crippen molar-refractivity contribution in [1.29, 1.82) is 0 Å². The third kappa shape index (κ3) is 5.72. The van der Waals surface area contributed by atoms with Crippen LogP contribution in [-0.2, 0) is 11.2 Å². The zero-order valence-electron chi connectivity index (χ0n) is 23.6. The Morgan fingerprint density at radius 3 is 2.42 bits per heavy atom. The Morgan fingerprint density at radius 1 is 1.05 bits per heavy atom. The van der Waals surface area contributed by atoms with Gasteiger partial charge in [0.25, 0.3) is 0 Å². The molecule has 1 atom stereocenters. The van der Waals surface area contributed by atoms with E-state index < -0.39 is 0 Å². The first-order valence-electron chi connectivity index (χ1n) is 14.5. The first-order chi connectivity index (χ1) is 18.5. The number of anilines is 4. The SMILES string of the molecule is CCC(CC)CN1CCN(c2ccc(Nc3ncc4c(n3)N(C3CCCC3)C(C(=O)N(C)C)C4)nc2)CC1. The monoisotopic (exact) mass is 520 g/mol. The summed E-state index contributed by atoms with van der Waals surface area (Å²) in [6, 6.07) is 4.31. The average Bonchev–Trinajstić information content (AvgIpc) is 3.60. The van der Waals surface area contributed by atoms with Gasteiger partial charge in [0.2, 0.25) is 11.9 Å². The second-order valence-corrected chi connectivity index (χ2v) is 11.3. The molecule has 2 fully saturated rings. The molecule has 1 amide bonds. The Morgan fingerprint density at radius 2 is 1.79 bits per heavy atom. The fourth-order valence-electron chi connectivity index (χ4n) is 6.26. The number of nitrogens with zero attached hydrogens (tertiary/aromatic N) is 7. The van der Waals surface area contributed by atoms with Crippen LogP contribution in [-0.4, -0.2) is 89.6 Å². The van der Waals surface area contributed by atoms with Crippen molar-refractivity contribution in [2.45, 2.75) is 70.9 Å². The number of nitrogens with one attached hydrogen (secondary N) is 1. The van der Waals surface area contributed by atoms with Crippen molar-refractivity contribution in [2.75, 3.05) is 61.9 Å². The number of aromatic nitrogens is 3. The van der Waals surface area contributed by atoms with E-state index >= 15 is 0 Å². The molecule has 4 heterocycles. The van der Waals surface area contributed by atoms with E-state index in [0.717, 1.165) is 67.8 Å². The van der Waals surface area contributed by atoms with Crippen LogP contribution < -0.4 is 15.1 Å². The van der Waals surface area contributed by atoms with Crippen LogP contribution in [0.25, 0.3) is 0 Å². The summed E-state index contributed by atoms with van der Waals surface area (Å²) in [6.45, 7) is 10.1. The van der Waals surface area contributed by atoms with Crippen LogP contribution in [0.1, 0.15) is 57.9 Å². The molecule has 1 saturated heterocycles. The van der Waals surface area contributed by atoms with Gasteiger partial charge in [0.05, 0.1) is 11.9 Å². The summed E-state index contributed by atoms with van der Waals surface area (Å²) in [5.74, 6) is 3.10. The quantitative estimate of drug-likeness (QED) is 0.533. The van der Waals surface area contributed by atoms with Crippen molar-refractivity contribution in [3.8, 4) is 0 Å². The maximum Gasteiger partial charge on any atom is 0.245 e. The summed E-state index contributed by atoms with van der Waals surface area (Å²) in [5, 5.41) is 3.30. The van der Waals surface area contributed by atoms with Crippen molar-refractivity contribution in [3.63, 3.8) is 0 Å². The van der Waals surface area contributed by atoms with Crippen LogP contribution in [0.4, 0.5) is 23.3 Å². The molecule has 9 nitrogen and oxygen atoms in total. The van der Waals surface area contributed by atoms with Gasteiger partial charge >= 0.3 is 0 Å². The highest BCUT2D eigenvalue weighted by Crippen LogP contribution is 2.38. The van der Waals surface area contributed by atoms with E-state index in [-0.39, 0.29) is 11.9 Å². The smallest absolute Gasteiger partial charge is 0.245 e. The number of likely N-dealkylation sites (N-methyl/N-ethyl adjacent to an activating group) is 1. The molecule has 0 bridgehead atoms. The summed E-state index contributed by atoms with van der Waals surface area (Å²) in [4.78, 5) is 36.2. The lowest BCUT2D eigenvalue weighted by Crippen LogP contribution is -2.49. The molecule has 1 saturated carbocycles. The van der Waals surface area contributed by atoms with Crippen LogP contribution in [0.5, 0.6) is 0 Å². The number of fused-ring (bicyclic) bond motifs is 1. The largest absolute Gasteiger partial charge is 0.368 e. The Balaban J connectivity index is 1.24. The molecule has 0 aromatic carbocycles. The minimum absolute atomic E-state index is 0.137. The lowest BCUT2D eigenvalue weighted by Gasteiger charge is -2.37. The van der Waals surface area contributed by atoms with Gasteiger partial charge in [-0.25, -0.2) is 9.97 Å². The van der Waals surface area contributed by atoms with E-state index in [1.54, 1.807) is 4.90 Å². The topological polar surface area (TPSA) is 80.7 Å². The second-order valence-electron chi connectivity index (χ2n) is 11.3. The number of pyridine rings is 1. The zero-order valence-corrected chi connectivity index (χ0v) is 23.6. The summed E-state index contributed by atoms with van der Waals surface area (Å²) in [7, 11) is 3.67. The summed E-state index contributed by atoms with van der Waals surface area (Å²) >= 11 is 0. The molecule has 2 aliphatic heterocycles. The van der Waals surface area contributed by atoms with Crippen LogP contribution in [0.3, 0.4) is 0 Å². The van der Waals surface area contributed by atoms with E-state index in [1.165, 1.54) is 32.2 Å². The normalized spacial score (nSPS) is 20.3. The molecule has 0 radical (unpaired) electrons. The van der Waals surface area contributed by atoms with Crippen molar-refractivity contribution >= 4 is 29.2 Å². The highest BCUT2D eigenvalue weighted by molar-refractivity contribution is 5.87. The van der Waals surface area contributed by atoms with Crippen molar-refractivity contribution in [1.82, 2.24) is 24.8 Å².